The molecule has 2 aliphatic rings. The minimum Gasteiger partial charge on any atom is -0.462 e. The zero-order valence-electron chi connectivity index (χ0n) is 20.4. The third-order valence-electron chi connectivity index (χ3n) is 6.77. The number of carbonyl (C=O) groups is 2. The number of rotatable bonds is 9. The highest BCUT2D eigenvalue weighted by Gasteiger charge is 2.66. The Labute approximate surface area is 221 Å². The van der Waals surface area contributed by atoms with Crippen LogP contribution >= 0.6 is 24.0 Å². The van der Waals surface area contributed by atoms with Gasteiger partial charge in [-0.15, -0.1) is 0 Å². The molecule has 0 N–H and O–H groups in total. The molecule has 2 unspecified atom stereocenters. The number of esters is 1. The van der Waals surface area contributed by atoms with Crippen LogP contribution in [0.3, 0.4) is 0 Å². The number of hydrogen-bond acceptors (Lipinski definition) is 6. The van der Waals surface area contributed by atoms with Crippen molar-refractivity contribution in [1.82, 2.24) is 4.90 Å². The Morgan fingerprint density at radius 2 is 1.89 bits per heavy atom. The lowest BCUT2D eigenvalue weighted by atomic mass is 10.1. The summed E-state index contributed by atoms with van der Waals surface area (Å²) in [7, 11) is 0. The zero-order chi connectivity index (χ0) is 25.3. The van der Waals surface area contributed by atoms with E-state index in [1.54, 1.807) is 17.0 Å². The van der Waals surface area contributed by atoms with Crippen molar-refractivity contribution in [2.45, 2.75) is 44.4 Å². The molecule has 2 fully saturated rings. The molecule has 2 aromatic carbocycles. The summed E-state index contributed by atoms with van der Waals surface area (Å²) in [4.78, 5) is 27.2. The van der Waals surface area contributed by atoms with Gasteiger partial charge in [-0.2, -0.15) is 0 Å². The number of thiocarbonyl (C=S) groups is 1. The van der Waals surface area contributed by atoms with Crippen LogP contribution in [0.2, 0.25) is 0 Å². The average Bonchev–Trinajstić information content (AvgIpc) is 3.23. The lowest BCUT2D eigenvalue weighted by Crippen LogP contribution is -2.32. The van der Waals surface area contributed by atoms with E-state index in [9.17, 15) is 9.59 Å². The number of thioether (sulfide) groups is 1. The summed E-state index contributed by atoms with van der Waals surface area (Å²) in [5.74, 6) is 2.11. The second-order valence-electron chi connectivity index (χ2n) is 9.90. The first-order valence-electron chi connectivity index (χ1n) is 12.3. The van der Waals surface area contributed by atoms with Crippen molar-refractivity contribution < 1.29 is 18.7 Å². The molecule has 1 saturated carbocycles. The van der Waals surface area contributed by atoms with Gasteiger partial charge < -0.3 is 9.15 Å². The number of hydrogen-bond donors (Lipinski definition) is 0. The fraction of sp³-hybridized carbons (Fsp3) is 0.345. The van der Waals surface area contributed by atoms with E-state index in [1.165, 1.54) is 11.8 Å². The minimum absolute atomic E-state index is 0.119. The molecule has 1 aromatic heterocycles. The van der Waals surface area contributed by atoms with E-state index in [1.807, 2.05) is 54.6 Å². The van der Waals surface area contributed by atoms with Crippen LogP contribution in [0, 0.1) is 11.8 Å². The molecule has 1 amide bonds. The summed E-state index contributed by atoms with van der Waals surface area (Å²) in [5.41, 5.74) is 2.50. The van der Waals surface area contributed by atoms with E-state index >= 15 is 0 Å². The molecule has 1 spiro atoms. The van der Waals surface area contributed by atoms with E-state index in [0.717, 1.165) is 35.5 Å². The van der Waals surface area contributed by atoms with Gasteiger partial charge in [0.05, 0.1) is 18.7 Å². The van der Waals surface area contributed by atoms with Gasteiger partial charge in [-0.1, -0.05) is 80.3 Å². The highest BCUT2D eigenvalue weighted by atomic mass is 32.2. The van der Waals surface area contributed by atoms with Crippen LogP contribution in [0.4, 0.5) is 0 Å². The highest BCUT2D eigenvalue weighted by Crippen LogP contribution is 2.61. The zero-order valence-corrected chi connectivity index (χ0v) is 22.1. The Hall–Kier alpha value is -2.90. The number of ether oxygens (including phenoxy) is 1. The van der Waals surface area contributed by atoms with Crippen LogP contribution in [0.25, 0.3) is 11.3 Å². The van der Waals surface area contributed by atoms with Crippen molar-refractivity contribution in [2.75, 3.05) is 6.61 Å². The molecule has 5 rings (SSSR count). The predicted octanol–water partition coefficient (Wildman–Crippen LogP) is 6.51. The molecule has 1 saturated heterocycles. The van der Waals surface area contributed by atoms with Gasteiger partial charge in [-0.3, -0.25) is 9.69 Å². The van der Waals surface area contributed by atoms with E-state index in [2.05, 4.69) is 13.8 Å². The number of carbonyl (C=O) groups excluding carboxylic acids is 2. The van der Waals surface area contributed by atoms with Crippen LogP contribution in [-0.4, -0.2) is 32.5 Å². The summed E-state index contributed by atoms with van der Waals surface area (Å²) in [6.07, 6.45) is 2.36. The third kappa shape index (κ3) is 5.13. The predicted molar refractivity (Wildman–Crippen MR) is 146 cm³/mol. The van der Waals surface area contributed by atoms with Gasteiger partial charge in [-0.05, 0) is 54.5 Å². The molecule has 3 aromatic rings. The van der Waals surface area contributed by atoms with Crippen molar-refractivity contribution in [3.05, 3.63) is 83.6 Å². The van der Waals surface area contributed by atoms with Crippen molar-refractivity contribution in [3.8, 4) is 11.3 Å². The summed E-state index contributed by atoms with van der Waals surface area (Å²) in [6, 6.07) is 21.1. The van der Waals surface area contributed by atoms with Crippen LogP contribution < -0.4 is 0 Å². The SMILES string of the molecule is CC(C)CCOC(=O)c1ccc(-c2ccc(CC3CC34SC(=S)N(Cc3ccccc3)C4=O)o2)cc1. The Morgan fingerprint density at radius 1 is 1.14 bits per heavy atom. The number of benzene rings is 2. The molecular weight excluding hydrogens is 490 g/mol. The number of amides is 1. The van der Waals surface area contributed by atoms with Crippen molar-refractivity contribution >= 4 is 40.2 Å². The Morgan fingerprint density at radius 3 is 2.61 bits per heavy atom. The fourth-order valence-electron chi connectivity index (χ4n) is 4.53. The number of nitrogens with zero attached hydrogens (tertiary/aromatic N) is 1. The Kier molecular flexibility index (Phi) is 7.04. The molecular formula is C29H29NO4S2. The quantitative estimate of drug-likeness (QED) is 0.237. The maximum Gasteiger partial charge on any atom is 0.338 e. The molecule has 7 heteroatoms. The summed E-state index contributed by atoms with van der Waals surface area (Å²) in [5, 5.41) is 0. The van der Waals surface area contributed by atoms with Gasteiger partial charge >= 0.3 is 5.97 Å². The van der Waals surface area contributed by atoms with Crippen molar-refractivity contribution in [2.24, 2.45) is 11.8 Å². The normalized spacial score (nSPS) is 21.0. The minimum atomic E-state index is -0.448. The molecule has 5 nitrogen and oxygen atoms in total. The third-order valence-corrected chi connectivity index (χ3v) is 8.68. The molecule has 0 bridgehead atoms. The summed E-state index contributed by atoms with van der Waals surface area (Å²) >= 11 is 7.10. The molecule has 1 aliphatic heterocycles. The van der Waals surface area contributed by atoms with Crippen molar-refractivity contribution in [1.29, 1.82) is 0 Å². The maximum absolute atomic E-state index is 13.3. The summed E-state index contributed by atoms with van der Waals surface area (Å²) < 4.78 is 11.7. The molecule has 2 heterocycles. The standard InChI is InChI=1S/C29H29NO4S2/c1-19(2)14-15-33-26(31)22-10-8-21(9-11-22)25-13-12-24(34-25)16-23-17-29(23)27(32)30(28(35)36-29)18-20-6-4-3-5-7-20/h3-13,19,23H,14-18H2,1-2H3. The first kappa shape index (κ1) is 24.8. The van der Waals surface area contributed by atoms with Gasteiger partial charge in [0.2, 0.25) is 5.91 Å². The molecule has 0 radical (unpaired) electrons. The first-order valence-corrected chi connectivity index (χ1v) is 13.5. The molecule has 2 atom stereocenters. The van der Waals surface area contributed by atoms with Gasteiger partial charge in [0.15, 0.2) is 0 Å². The molecule has 36 heavy (non-hydrogen) atoms. The van der Waals surface area contributed by atoms with E-state index in [4.69, 9.17) is 21.4 Å². The van der Waals surface area contributed by atoms with Gasteiger partial charge in [-0.25, -0.2) is 4.79 Å². The fourth-order valence-corrected chi connectivity index (χ4v) is 6.42. The largest absolute Gasteiger partial charge is 0.462 e. The smallest absolute Gasteiger partial charge is 0.338 e. The van der Waals surface area contributed by atoms with Crippen LogP contribution in [0.1, 0.15) is 48.4 Å². The highest BCUT2D eigenvalue weighted by molar-refractivity contribution is 8.25. The average molecular weight is 520 g/mol. The summed E-state index contributed by atoms with van der Waals surface area (Å²) in [6.45, 7) is 5.15. The van der Waals surface area contributed by atoms with E-state index < -0.39 is 4.75 Å². The Bertz CT molecular complexity index is 1270. The van der Waals surface area contributed by atoms with Crippen molar-refractivity contribution in [3.63, 3.8) is 0 Å². The van der Waals surface area contributed by atoms with E-state index in [-0.39, 0.29) is 17.8 Å². The van der Waals surface area contributed by atoms with Gasteiger partial charge in [0, 0.05) is 12.0 Å². The topological polar surface area (TPSA) is 59.8 Å². The Balaban J connectivity index is 1.19. The second kappa shape index (κ2) is 10.2. The van der Waals surface area contributed by atoms with Crippen LogP contribution in [-0.2, 0) is 22.5 Å². The van der Waals surface area contributed by atoms with Crippen LogP contribution in [0.15, 0.2) is 71.1 Å². The van der Waals surface area contributed by atoms with Crippen LogP contribution in [0.5, 0.6) is 0 Å². The first-order chi connectivity index (χ1) is 17.4. The monoisotopic (exact) mass is 519 g/mol. The lowest BCUT2D eigenvalue weighted by Gasteiger charge is -2.15. The number of furan rings is 1. The molecule has 1 aliphatic carbocycles. The van der Waals surface area contributed by atoms with Gasteiger partial charge in [0.25, 0.3) is 0 Å². The van der Waals surface area contributed by atoms with Gasteiger partial charge in [0.1, 0.15) is 20.6 Å². The maximum atomic E-state index is 13.3. The van der Waals surface area contributed by atoms with E-state index in [0.29, 0.717) is 35.4 Å². The lowest BCUT2D eigenvalue weighted by molar-refractivity contribution is -0.127. The molecule has 186 valence electrons. The second-order valence-corrected chi connectivity index (χ2v) is 11.9.